The maximum Gasteiger partial charge on any atom is 0.411 e. The second-order valence-electron chi connectivity index (χ2n) is 6.32. The summed E-state index contributed by atoms with van der Waals surface area (Å²) in [6.45, 7) is 7.37. The third-order valence-electron chi connectivity index (χ3n) is 3.35. The molecule has 18 heavy (non-hydrogen) atoms. The number of ether oxygens (including phenoxy) is 2. The highest BCUT2D eigenvalue weighted by molar-refractivity contribution is 5.86. The lowest BCUT2D eigenvalue weighted by atomic mass is 9.95. The first-order valence-corrected chi connectivity index (χ1v) is 5.96. The summed E-state index contributed by atoms with van der Waals surface area (Å²) in [5.74, 6) is -1.03. The summed E-state index contributed by atoms with van der Waals surface area (Å²) in [6, 6.07) is 0. The van der Waals surface area contributed by atoms with Crippen LogP contribution in [0.3, 0.4) is 0 Å². The van der Waals surface area contributed by atoms with Gasteiger partial charge in [0.2, 0.25) is 0 Å². The van der Waals surface area contributed by atoms with Crippen molar-refractivity contribution >= 4 is 12.1 Å². The van der Waals surface area contributed by atoms with Crippen molar-refractivity contribution in [3.05, 3.63) is 0 Å². The molecule has 0 aromatic carbocycles. The molecule has 2 saturated heterocycles. The van der Waals surface area contributed by atoms with Gasteiger partial charge < -0.3 is 14.6 Å². The summed E-state index contributed by atoms with van der Waals surface area (Å²) in [5, 5.41) is 9.39. The maximum absolute atomic E-state index is 12.1. The molecule has 2 heterocycles. The lowest BCUT2D eigenvalue weighted by Crippen LogP contribution is -2.58. The smallest absolute Gasteiger partial charge is 0.411 e. The highest BCUT2D eigenvalue weighted by atomic mass is 16.6. The Balaban J connectivity index is 2.24. The van der Waals surface area contributed by atoms with Crippen molar-refractivity contribution in [2.75, 3.05) is 13.2 Å². The Bertz CT molecular complexity index is 402. The van der Waals surface area contributed by atoms with E-state index in [1.54, 1.807) is 20.8 Å². The van der Waals surface area contributed by atoms with Crippen LogP contribution in [0.5, 0.6) is 0 Å². The van der Waals surface area contributed by atoms with E-state index in [4.69, 9.17) is 9.47 Å². The normalized spacial score (nSPS) is 34.8. The molecule has 1 amide bonds. The molecule has 1 N–H and O–H groups in total. The summed E-state index contributed by atoms with van der Waals surface area (Å²) in [6.07, 6.45) is -0.272. The second-order valence-corrected chi connectivity index (χ2v) is 6.32. The number of carboxylic acid groups (broad SMARTS) is 1. The van der Waals surface area contributed by atoms with Crippen LogP contribution in [-0.2, 0) is 14.3 Å². The molecule has 0 radical (unpaired) electrons. The lowest BCUT2D eigenvalue weighted by Gasteiger charge is -2.37. The molecule has 2 bridgehead atoms. The second kappa shape index (κ2) is 3.60. The number of morpholine rings is 1. The molecule has 0 aromatic rings. The monoisotopic (exact) mass is 257 g/mol. The molecule has 102 valence electrons. The average molecular weight is 257 g/mol. The van der Waals surface area contributed by atoms with Gasteiger partial charge in [-0.1, -0.05) is 0 Å². The molecule has 2 aliphatic rings. The summed E-state index contributed by atoms with van der Waals surface area (Å²) < 4.78 is 10.7. The van der Waals surface area contributed by atoms with Crippen LogP contribution in [0.25, 0.3) is 0 Å². The molecule has 2 rings (SSSR count). The van der Waals surface area contributed by atoms with Crippen LogP contribution in [-0.4, -0.2) is 52.0 Å². The van der Waals surface area contributed by atoms with Gasteiger partial charge in [0.15, 0.2) is 5.54 Å². The molecule has 2 atom stereocenters. The van der Waals surface area contributed by atoms with E-state index in [9.17, 15) is 14.7 Å². The standard InChI is InChI=1S/C12H19NO5/c1-10(2,3)18-9(16)13-6-11(4)5-12(13,7-17-11)8(14)15/h5-7H2,1-4H3,(H,14,15). The van der Waals surface area contributed by atoms with Gasteiger partial charge in [-0.05, 0) is 27.7 Å². The molecule has 2 aliphatic heterocycles. The third kappa shape index (κ3) is 1.94. The molecule has 0 aliphatic carbocycles. The largest absolute Gasteiger partial charge is 0.479 e. The lowest BCUT2D eigenvalue weighted by molar-refractivity contribution is -0.154. The van der Waals surface area contributed by atoms with Gasteiger partial charge in [0.25, 0.3) is 0 Å². The number of carbonyl (C=O) groups is 2. The fourth-order valence-electron chi connectivity index (χ4n) is 2.58. The van der Waals surface area contributed by atoms with Crippen LogP contribution in [0, 0.1) is 0 Å². The first kappa shape index (κ1) is 13.1. The Morgan fingerprint density at radius 2 is 2.00 bits per heavy atom. The first-order valence-electron chi connectivity index (χ1n) is 5.96. The van der Waals surface area contributed by atoms with Crippen LogP contribution in [0.1, 0.15) is 34.1 Å². The highest BCUT2D eigenvalue weighted by Gasteiger charge is 2.65. The van der Waals surface area contributed by atoms with Crippen molar-refractivity contribution in [3.63, 3.8) is 0 Å². The van der Waals surface area contributed by atoms with Gasteiger partial charge in [-0.2, -0.15) is 0 Å². The summed E-state index contributed by atoms with van der Waals surface area (Å²) in [4.78, 5) is 24.9. The SMILES string of the molecule is CC(C)(C)OC(=O)N1CC2(C)CC1(C(=O)O)CO2. The Kier molecular flexibility index (Phi) is 2.63. The van der Waals surface area contributed by atoms with Crippen molar-refractivity contribution in [2.24, 2.45) is 0 Å². The van der Waals surface area contributed by atoms with Gasteiger partial charge in [0.1, 0.15) is 5.60 Å². The van der Waals surface area contributed by atoms with Gasteiger partial charge in [-0.3, -0.25) is 4.90 Å². The Hall–Kier alpha value is -1.30. The molecule has 2 fully saturated rings. The number of carboxylic acids is 1. The van der Waals surface area contributed by atoms with Crippen LogP contribution in [0.4, 0.5) is 4.79 Å². The average Bonchev–Trinajstić information content (AvgIpc) is 2.66. The number of hydrogen-bond donors (Lipinski definition) is 1. The Morgan fingerprint density at radius 1 is 1.39 bits per heavy atom. The Morgan fingerprint density at radius 3 is 2.44 bits per heavy atom. The summed E-state index contributed by atoms with van der Waals surface area (Å²) in [5.41, 5.74) is -2.48. The number of rotatable bonds is 1. The van der Waals surface area contributed by atoms with Gasteiger partial charge in [-0.15, -0.1) is 0 Å². The van der Waals surface area contributed by atoms with Crippen molar-refractivity contribution < 1.29 is 24.2 Å². The van der Waals surface area contributed by atoms with E-state index in [0.29, 0.717) is 6.42 Å². The highest BCUT2D eigenvalue weighted by Crippen LogP contribution is 2.45. The number of hydrogen-bond acceptors (Lipinski definition) is 4. The molecule has 6 nitrogen and oxygen atoms in total. The van der Waals surface area contributed by atoms with E-state index in [1.807, 2.05) is 6.92 Å². The van der Waals surface area contributed by atoms with Gasteiger partial charge >= 0.3 is 12.1 Å². The number of amides is 1. The number of carbonyl (C=O) groups excluding carboxylic acids is 1. The zero-order valence-corrected chi connectivity index (χ0v) is 11.1. The van der Waals surface area contributed by atoms with Gasteiger partial charge in [-0.25, -0.2) is 9.59 Å². The quantitative estimate of drug-likeness (QED) is 0.764. The molecule has 0 aromatic heterocycles. The van der Waals surface area contributed by atoms with E-state index >= 15 is 0 Å². The number of nitrogens with zero attached hydrogens (tertiary/aromatic N) is 1. The fraction of sp³-hybridized carbons (Fsp3) is 0.833. The van der Waals surface area contributed by atoms with E-state index < -0.39 is 28.8 Å². The topological polar surface area (TPSA) is 76.1 Å². The van der Waals surface area contributed by atoms with Crippen molar-refractivity contribution in [3.8, 4) is 0 Å². The zero-order valence-electron chi connectivity index (χ0n) is 11.1. The van der Waals surface area contributed by atoms with Crippen molar-refractivity contribution in [1.82, 2.24) is 4.90 Å². The van der Waals surface area contributed by atoms with Gasteiger partial charge in [0, 0.05) is 6.42 Å². The predicted molar refractivity (Wildman–Crippen MR) is 62.3 cm³/mol. The zero-order chi connectivity index (χ0) is 13.8. The van der Waals surface area contributed by atoms with Crippen LogP contribution in [0.2, 0.25) is 0 Å². The minimum Gasteiger partial charge on any atom is -0.479 e. The Labute approximate surface area is 106 Å². The van der Waals surface area contributed by atoms with Crippen LogP contribution in [0.15, 0.2) is 0 Å². The predicted octanol–water partition coefficient (Wildman–Crippen LogP) is 1.24. The third-order valence-corrected chi connectivity index (χ3v) is 3.35. The first-order chi connectivity index (χ1) is 8.08. The molecular formula is C12H19NO5. The number of aliphatic carboxylic acids is 1. The minimum absolute atomic E-state index is 0.0259. The summed E-state index contributed by atoms with van der Waals surface area (Å²) >= 11 is 0. The van der Waals surface area contributed by atoms with Crippen molar-refractivity contribution in [1.29, 1.82) is 0 Å². The fourth-order valence-corrected chi connectivity index (χ4v) is 2.58. The van der Waals surface area contributed by atoms with Crippen LogP contribution < -0.4 is 0 Å². The van der Waals surface area contributed by atoms with Crippen molar-refractivity contribution in [2.45, 2.75) is 50.9 Å². The summed E-state index contributed by atoms with van der Waals surface area (Å²) in [7, 11) is 0. The number of fused-ring (bicyclic) bond motifs is 2. The number of likely N-dealkylation sites (tertiary alicyclic amines) is 1. The molecular weight excluding hydrogens is 238 g/mol. The van der Waals surface area contributed by atoms with Crippen LogP contribution >= 0.6 is 0 Å². The molecule has 2 unspecified atom stereocenters. The minimum atomic E-state index is -1.27. The van der Waals surface area contributed by atoms with E-state index in [0.717, 1.165) is 0 Å². The van der Waals surface area contributed by atoms with Gasteiger partial charge in [0.05, 0.1) is 18.8 Å². The molecule has 0 spiro atoms. The van der Waals surface area contributed by atoms with E-state index in [-0.39, 0.29) is 13.2 Å². The van der Waals surface area contributed by atoms with E-state index in [2.05, 4.69) is 0 Å². The van der Waals surface area contributed by atoms with E-state index in [1.165, 1.54) is 4.90 Å². The maximum atomic E-state index is 12.1. The molecule has 6 heteroatoms. The molecule has 0 saturated carbocycles.